The van der Waals surface area contributed by atoms with Gasteiger partial charge in [-0.1, -0.05) is 0 Å². The van der Waals surface area contributed by atoms with E-state index in [-0.39, 0.29) is 0 Å². The van der Waals surface area contributed by atoms with Gasteiger partial charge in [0.25, 0.3) is 0 Å². The number of alkyl halides is 1. The van der Waals surface area contributed by atoms with Gasteiger partial charge in [-0.15, -0.1) is 22.9 Å². The molecule has 4 heteroatoms. The van der Waals surface area contributed by atoms with Crippen LogP contribution in [0.25, 0.3) is 10.8 Å². The number of oxazole rings is 1. The Morgan fingerprint density at radius 3 is 3.25 bits per heavy atom. The monoisotopic (exact) mass is 253 g/mol. The summed E-state index contributed by atoms with van der Waals surface area (Å²) >= 11 is 7.81. The molecule has 0 saturated heterocycles. The Hall–Kier alpha value is -0.800. The molecule has 2 nitrogen and oxygen atoms in total. The maximum Gasteiger partial charge on any atom is 0.236 e. The van der Waals surface area contributed by atoms with Gasteiger partial charge in [0.05, 0.1) is 11.1 Å². The first-order chi connectivity index (χ1) is 7.88. The predicted octanol–water partition coefficient (Wildman–Crippen LogP) is 4.06. The van der Waals surface area contributed by atoms with Gasteiger partial charge in [-0.05, 0) is 36.8 Å². The second-order valence-corrected chi connectivity index (χ2v) is 5.52. The van der Waals surface area contributed by atoms with Crippen molar-refractivity contribution in [2.45, 2.75) is 25.2 Å². The Labute approximate surface area is 103 Å². The van der Waals surface area contributed by atoms with Crippen LogP contribution in [0.5, 0.6) is 0 Å². The maximum atomic E-state index is 6.01. The fourth-order valence-corrected chi connectivity index (χ4v) is 3.81. The molecular formula is C12H12ClNOS. The van der Waals surface area contributed by atoms with Crippen molar-refractivity contribution in [2.75, 3.05) is 5.88 Å². The van der Waals surface area contributed by atoms with Crippen LogP contribution in [-0.4, -0.2) is 10.9 Å². The number of aryl methyl sites for hydroxylation is 1. The van der Waals surface area contributed by atoms with E-state index in [4.69, 9.17) is 16.0 Å². The van der Waals surface area contributed by atoms with Gasteiger partial charge in [0.2, 0.25) is 5.89 Å². The Morgan fingerprint density at radius 2 is 2.50 bits per heavy atom. The molecule has 0 aromatic carbocycles. The van der Waals surface area contributed by atoms with Crippen LogP contribution in [-0.2, 0) is 6.42 Å². The van der Waals surface area contributed by atoms with E-state index in [1.165, 1.54) is 29.7 Å². The molecule has 1 aliphatic carbocycles. The molecular weight excluding hydrogens is 242 g/mol. The van der Waals surface area contributed by atoms with Gasteiger partial charge < -0.3 is 4.42 Å². The van der Waals surface area contributed by atoms with E-state index in [0.29, 0.717) is 5.92 Å². The van der Waals surface area contributed by atoms with Gasteiger partial charge in [0, 0.05) is 10.8 Å². The second-order valence-electron chi connectivity index (χ2n) is 4.07. The highest BCUT2D eigenvalue weighted by Gasteiger charge is 2.23. The standard InChI is InChI=1S/C12H12ClNOS/c13-7-8-2-1-3-10-9(8)6-11(16-10)12-14-4-5-15-12/h4-6,8H,1-3,7H2. The van der Waals surface area contributed by atoms with Crippen LogP contribution >= 0.6 is 22.9 Å². The fourth-order valence-electron chi connectivity index (χ4n) is 2.26. The molecule has 1 atom stereocenters. The van der Waals surface area contributed by atoms with Crippen molar-refractivity contribution in [2.24, 2.45) is 0 Å². The SMILES string of the molecule is ClCC1CCCc2sc(-c3ncco3)cc21. The number of thiophene rings is 1. The summed E-state index contributed by atoms with van der Waals surface area (Å²) in [5, 5.41) is 0. The fraction of sp³-hybridized carbons (Fsp3) is 0.417. The van der Waals surface area contributed by atoms with Crippen molar-refractivity contribution >= 4 is 22.9 Å². The summed E-state index contributed by atoms with van der Waals surface area (Å²) in [4.78, 5) is 6.79. The molecule has 1 unspecified atom stereocenters. The number of halogens is 1. The molecule has 1 aliphatic rings. The van der Waals surface area contributed by atoms with Crippen molar-refractivity contribution in [1.29, 1.82) is 0 Å². The summed E-state index contributed by atoms with van der Waals surface area (Å²) in [5.74, 6) is 1.97. The zero-order chi connectivity index (χ0) is 11.0. The van der Waals surface area contributed by atoms with Gasteiger partial charge >= 0.3 is 0 Å². The highest BCUT2D eigenvalue weighted by molar-refractivity contribution is 7.15. The van der Waals surface area contributed by atoms with Crippen molar-refractivity contribution in [1.82, 2.24) is 4.98 Å². The Bertz CT molecular complexity index is 477. The van der Waals surface area contributed by atoms with E-state index >= 15 is 0 Å². The molecule has 0 amide bonds. The highest BCUT2D eigenvalue weighted by Crippen LogP contribution is 2.40. The average molecular weight is 254 g/mol. The van der Waals surface area contributed by atoms with Crippen LogP contribution in [0.4, 0.5) is 0 Å². The second kappa shape index (κ2) is 4.22. The lowest BCUT2D eigenvalue weighted by Crippen LogP contribution is -2.07. The van der Waals surface area contributed by atoms with Crippen LogP contribution in [0.2, 0.25) is 0 Å². The van der Waals surface area contributed by atoms with Gasteiger partial charge in [-0.3, -0.25) is 0 Å². The number of rotatable bonds is 2. The molecule has 0 aliphatic heterocycles. The molecule has 16 heavy (non-hydrogen) atoms. The molecule has 2 aromatic heterocycles. The average Bonchev–Trinajstić information content (AvgIpc) is 2.96. The third-order valence-corrected chi connectivity index (χ3v) is 4.64. The van der Waals surface area contributed by atoms with E-state index in [1.54, 1.807) is 23.8 Å². The molecule has 84 valence electrons. The molecule has 0 saturated carbocycles. The van der Waals surface area contributed by atoms with Gasteiger partial charge in [0.15, 0.2) is 0 Å². The minimum absolute atomic E-state index is 0.519. The zero-order valence-electron chi connectivity index (χ0n) is 8.78. The third-order valence-electron chi connectivity index (χ3n) is 3.07. The van der Waals surface area contributed by atoms with Crippen LogP contribution in [0.15, 0.2) is 22.9 Å². The molecule has 0 spiro atoms. The number of aromatic nitrogens is 1. The van der Waals surface area contributed by atoms with E-state index in [9.17, 15) is 0 Å². The Balaban J connectivity index is 2.02. The molecule has 0 N–H and O–H groups in total. The molecule has 2 heterocycles. The minimum Gasteiger partial charge on any atom is -0.444 e. The number of fused-ring (bicyclic) bond motifs is 1. The quantitative estimate of drug-likeness (QED) is 0.755. The number of hydrogen-bond donors (Lipinski definition) is 0. The third kappa shape index (κ3) is 1.68. The van der Waals surface area contributed by atoms with Gasteiger partial charge in [-0.25, -0.2) is 4.98 Å². The van der Waals surface area contributed by atoms with Crippen LogP contribution in [0.3, 0.4) is 0 Å². The minimum atomic E-state index is 0.519. The van der Waals surface area contributed by atoms with Gasteiger partial charge in [0.1, 0.15) is 6.26 Å². The topological polar surface area (TPSA) is 26.0 Å². The molecule has 0 radical (unpaired) electrons. The largest absolute Gasteiger partial charge is 0.444 e. The zero-order valence-corrected chi connectivity index (χ0v) is 10.4. The van der Waals surface area contributed by atoms with E-state index in [1.807, 2.05) is 0 Å². The van der Waals surface area contributed by atoms with Crippen LogP contribution in [0.1, 0.15) is 29.2 Å². The summed E-state index contributed by atoms with van der Waals surface area (Å²) in [6.45, 7) is 0. The lowest BCUT2D eigenvalue weighted by molar-refractivity contribution is 0.575. The van der Waals surface area contributed by atoms with Crippen LogP contribution < -0.4 is 0 Å². The van der Waals surface area contributed by atoms with Crippen molar-refractivity contribution in [3.63, 3.8) is 0 Å². The van der Waals surface area contributed by atoms with E-state index < -0.39 is 0 Å². The summed E-state index contributed by atoms with van der Waals surface area (Å²) in [6, 6.07) is 2.21. The first-order valence-corrected chi connectivity index (χ1v) is 6.82. The van der Waals surface area contributed by atoms with Gasteiger partial charge in [-0.2, -0.15) is 0 Å². The van der Waals surface area contributed by atoms with Crippen molar-refractivity contribution in [3.8, 4) is 10.8 Å². The summed E-state index contributed by atoms with van der Waals surface area (Å²) < 4.78 is 5.33. The highest BCUT2D eigenvalue weighted by atomic mass is 35.5. The van der Waals surface area contributed by atoms with Crippen molar-refractivity contribution < 1.29 is 4.42 Å². The molecule has 0 bridgehead atoms. The van der Waals surface area contributed by atoms with Crippen LogP contribution in [0, 0.1) is 0 Å². The smallest absolute Gasteiger partial charge is 0.236 e. The first kappa shape index (κ1) is 10.4. The summed E-state index contributed by atoms with van der Waals surface area (Å²) in [7, 11) is 0. The summed E-state index contributed by atoms with van der Waals surface area (Å²) in [6.07, 6.45) is 6.93. The van der Waals surface area contributed by atoms with E-state index in [2.05, 4.69) is 11.1 Å². The number of hydrogen-bond acceptors (Lipinski definition) is 3. The summed E-state index contributed by atoms with van der Waals surface area (Å²) in [5.41, 5.74) is 1.42. The molecule has 3 rings (SSSR count). The Morgan fingerprint density at radius 1 is 1.56 bits per heavy atom. The first-order valence-electron chi connectivity index (χ1n) is 5.47. The lowest BCUT2D eigenvalue weighted by atomic mass is 9.89. The lowest BCUT2D eigenvalue weighted by Gasteiger charge is -2.19. The Kier molecular flexibility index (Phi) is 2.74. The molecule has 0 fully saturated rings. The van der Waals surface area contributed by atoms with E-state index in [0.717, 1.165) is 16.6 Å². The predicted molar refractivity (Wildman–Crippen MR) is 66.2 cm³/mol. The molecule has 2 aromatic rings. The maximum absolute atomic E-state index is 6.01. The van der Waals surface area contributed by atoms with Crippen molar-refractivity contribution in [3.05, 3.63) is 29.0 Å². The normalized spacial score (nSPS) is 19.7. The number of nitrogens with zero attached hydrogens (tertiary/aromatic N) is 1.